The summed E-state index contributed by atoms with van der Waals surface area (Å²) in [4.78, 5) is 41.6. The number of ether oxygens (including phenoxy) is 5. The molecule has 0 radical (unpaired) electrons. The molecule has 0 aromatic heterocycles. The van der Waals surface area contributed by atoms with E-state index >= 15 is 0 Å². The van der Waals surface area contributed by atoms with Crippen LogP contribution in [-0.2, 0) is 38.1 Å². The number of hydrogen-bond donors (Lipinski definition) is 0. The van der Waals surface area contributed by atoms with Gasteiger partial charge in [-0.2, -0.15) is 0 Å². The Labute approximate surface area is 211 Å². The van der Waals surface area contributed by atoms with E-state index in [9.17, 15) is 14.4 Å². The second-order valence-corrected chi connectivity index (χ2v) is 12.1. The Bertz CT molecular complexity index is 911. The first-order chi connectivity index (χ1) is 17.5. The van der Waals surface area contributed by atoms with E-state index in [0.29, 0.717) is 38.8 Å². The van der Waals surface area contributed by atoms with Crippen LogP contribution in [0, 0.1) is 29.6 Å². The highest BCUT2D eigenvalue weighted by Crippen LogP contribution is 2.60. The van der Waals surface area contributed by atoms with Crippen molar-refractivity contribution < 1.29 is 38.1 Å². The topological polar surface area (TPSA) is 101 Å². The molecule has 0 aromatic rings. The molecule has 4 saturated heterocycles. The van der Waals surface area contributed by atoms with Gasteiger partial charge >= 0.3 is 17.9 Å². The Morgan fingerprint density at radius 3 is 2.56 bits per heavy atom. The Balaban J connectivity index is 1.08. The van der Waals surface area contributed by atoms with Crippen molar-refractivity contribution in [2.75, 3.05) is 32.8 Å². The van der Waals surface area contributed by atoms with Crippen LogP contribution in [0.4, 0.5) is 0 Å². The van der Waals surface area contributed by atoms with E-state index < -0.39 is 29.6 Å². The summed E-state index contributed by atoms with van der Waals surface area (Å²) in [5.41, 5.74) is -0.499. The van der Waals surface area contributed by atoms with Crippen LogP contribution in [0.1, 0.15) is 57.8 Å². The minimum Gasteiger partial charge on any atom is -0.458 e. The minimum atomic E-state index is -0.597. The van der Waals surface area contributed by atoms with Gasteiger partial charge in [-0.3, -0.25) is 19.3 Å². The van der Waals surface area contributed by atoms with Gasteiger partial charge in [0.2, 0.25) is 0 Å². The normalized spacial score (nSPS) is 44.6. The third-order valence-corrected chi connectivity index (χ3v) is 10.3. The fourth-order valence-electron chi connectivity index (χ4n) is 8.76. The highest BCUT2D eigenvalue weighted by atomic mass is 16.6. The van der Waals surface area contributed by atoms with Crippen molar-refractivity contribution in [2.24, 2.45) is 29.6 Å². The van der Waals surface area contributed by atoms with Gasteiger partial charge in [-0.15, -0.1) is 0 Å². The molecule has 9 atom stereocenters. The third kappa shape index (κ3) is 3.71. The number of morpholine rings is 1. The van der Waals surface area contributed by atoms with E-state index in [2.05, 4.69) is 0 Å². The predicted molar refractivity (Wildman–Crippen MR) is 124 cm³/mol. The fraction of sp³-hybridized carbons (Fsp3) is 0.889. The first-order valence-corrected chi connectivity index (χ1v) is 14.1. The van der Waals surface area contributed by atoms with Gasteiger partial charge in [-0.1, -0.05) is 6.42 Å². The second kappa shape index (κ2) is 8.95. The quantitative estimate of drug-likeness (QED) is 0.397. The molecule has 4 bridgehead atoms. The number of nitrogens with zero attached hydrogens (tertiary/aromatic N) is 1. The largest absolute Gasteiger partial charge is 0.458 e. The van der Waals surface area contributed by atoms with Gasteiger partial charge < -0.3 is 23.7 Å². The number of fused-ring (bicyclic) bond motifs is 3. The minimum absolute atomic E-state index is 0.0747. The van der Waals surface area contributed by atoms with Gasteiger partial charge in [0.25, 0.3) is 0 Å². The Morgan fingerprint density at radius 1 is 1.03 bits per heavy atom. The molecule has 0 amide bonds. The average molecular weight is 504 g/mol. The van der Waals surface area contributed by atoms with Gasteiger partial charge in [-0.25, -0.2) is 0 Å². The van der Waals surface area contributed by atoms with Crippen LogP contribution in [0.5, 0.6) is 0 Å². The van der Waals surface area contributed by atoms with Crippen molar-refractivity contribution in [1.82, 2.24) is 4.90 Å². The molecule has 0 N–H and O–H groups in total. The molecule has 4 aliphatic heterocycles. The second-order valence-electron chi connectivity index (χ2n) is 12.1. The first-order valence-electron chi connectivity index (χ1n) is 14.1. The van der Waals surface area contributed by atoms with Crippen LogP contribution in [0.15, 0.2) is 0 Å². The molecule has 9 nitrogen and oxygen atoms in total. The molecule has 7 aliphatic rings. The summed E-state index contributed by atoms with van der Waals surface area (Å²) >= 11 is 0. The van der Waals surface area contributed by atoms with Crippen molar-refractivity contribution in [1.29, 1.82) is 0 Å². The molecule has 9 heteroatoms. The molecule has 4 heterocycles. The molecule has 3 aliphatic carbocycles. The average Bonchev–Trinajstić information content (AvgIpc) is 3.68. The molecule has 9 unspecified atom stereocenters. The van der Waals surface area contributed by atoms with Crippen LogP contribution in [0.25, 0.3) is 0 Å². The number of hydrogen-bond acceptors (Lipinski definition) is 9. The van der Waals surface area contributed by atoms with E-state index in [1.54, 1.807) is 0 Å². The summed E-state index contributed by atoms with van der Waals surface area (Å²) in [5.74, 6) is -2.08. The zero-order valence-corrected chi connectivity index (χ0v) is 20.8. The van der Waals surface area contributed by atoms with Crippen molar-refractivity contribution in [2.45, 2.75) is 87.8 Å². The zero-order valence-electron chi connectivity index (χ0n) is 20.8. The van der Waals surface area contributed by atoms with Crippen molar-refractivity contribution in [3.8, 4) is 0 Å². The van der Waals surface area contributed by atoms with Crippen LogP contribution < -0.4 is 0 Å². The lowest BCUT2D eigenvalue weighted by Gasteiger charge is -2.45. The van der Waals surface area contributed by atoms with E-state index in [1.807, 2.05) is 4.90 Å². The molecule has 0 aromatic carbocycles. The van der Waals surface area contributed by atoms with Crippen LogP contribution in [0.3, 0.4) is 0 Å². The van der Waals surface area contributed by atoms with Gasteiger partial charge in [-0.05, 0) is 51.4 Å². The van der Waals surface area contributed by atoms with Crippen molar-refractivity contribution in [3.05, 3.63) is 0 Å². The van der Waals surface area contributed by atoms with Gasteiger partial charge in [0.1, 0.15) is 17.8 Å². The Kier molecular flexibility index (Phi) is 5.82. The number of carbonyl (C=O) groups excluding carboxylic acids is 3. The molecule has 7 rings (SSSR count). The Morgan fingerprint density at radius 2 is 1.83 bits per heavy atom. The first kappa shape index (κ1) is 23.4. The standard InChI is InChI=1S/C27H37NO8/c29-20(14-28-8-10-32-11-9-28)34-23-17-13-16-21(25(30)35-24(16)23)22(17)26(31)36-27(6-2-1-3-7-27)18-12-15-4-5-19(18)33-15/h15-19,21-24H,1-14H2. The van der Waals surface area contributed by atoms with Gasteiger partial charge in [0.15, 0.2) is 0 Å². The molecule has 7 fully saturated rings. The summed E-state index contributed by atoms with van der Waals surface area (Å²) in [6.45, 7) is 2.77. The zero-order chi connectivity index (χ0) is 24.4. The molecule has 0 spiro atoms. The van der Waals surface area contributed by atoms with Crippen molar-refractivity contribution in [3.63, 3.8) is 0 Å². The maximum atomic E-state index is 13.9. The summed E-state index contributed by atoms with van der Waals surface area (Å²) < 4.78 is 29.7. The van der Waals surface area contributed by atoms with Crippen LogP contribution in [-0.4, -0.2) is 85.7 Å². The molecule has 198 valence electrons. The predicted octanol–water partition coefficient (Wildman–Crippen LogP) is 1.85. The number of rotatable bonds is 6. The summed E-state index contributed by atoms with van der Waals surface area (Å²) in [6.07, 6.45) is 8.23. The molecule has 36 heavy (non-hydrogen) atoms. The van der Waals surface area contributed by atoms with E-state index in [1.165, 1.54) is 0 Å². The lowest BCUT2D eigenvalue weighted by molar-refractivity contribution is -0.187. The third-order valence-electron chi connectivity index (χ3n) is 10.3. The molecule has 3 saturated carbocycles. The summed E-state index contributed by atoms with van der Waals surface area (Å²) in [7, 11) is 0. The van der Waals surface area contributed by atoms with Gasteiger partial charge in [0.05, 0.1) is 43.8 Å². The Hall–Kier alpha value is -1.71. The highest BCUT2D eigenvalue weighted by molar-refractivity contribution is 5.86. The van der Waals surface area contributed by atoms with E-state index in [0.717, 1.165) is 51.4 Å². The maximum absolute atomic E-state index is 13.9. The molecular formula is C27H37NO8. The van der Waals surface area contributed by atoms with E-state index in [-0.39, 0.29) is 48.3 Å². The smallest absolute Gasteiger partial charge is 0.320 e. The van der Waals surface area contributed by atoms with Gasteiger partial charge in [0, 0.05) is 30.8 Å². The monoisotopic (exact) mass is 503 g/mol. The van der Waals surface area contributed by atoms with Crippen LogP contribution in [0.2, 0.25) is 0 Å². The van der Waals surface area contributed by atoms with E-state index in [4.69, 9.17) is 23.7 Å². The highest BCUT2D eigenvalue weighted by Gasteiger charge is 2.70. The summed E-state index contributed by atoms with van der Waals surface area (Å²) in [6, 6.07) is 0. The lowest BCUT2D eigenvalue weighted by atomic mass is 9.69. The SMILES string of the molecule is O=C(CN1CCOCC1)OC1C2CC3C1OC(=O)C3C2C(=O)OC1(C2CC3CCC2O3)CCCCC1. The summed E-state index contributed by atoms with van der Waals surface area (Å²) in [5, 5.41) is 0. The fourth-order valence-corrected chi connectivity index (χ4v) is 8.76. The number of carbonyl (C=O) groups is 3. The van der Waals surface area contributed by atoms with Crippen LogP contribution >= 0.6 is 0 Å². The molecular weight excluding hydrogens is 466 g/mol. The number of esters is 3. The maximum Gasteiger partial charge on any atom is 0.320 e. The van der Waals surface area contributed by atoms with Crippen molar-refractivity contribution >= 4 is 17.9 Å². The lowest BCUT2D eigenvalue weighted by Crippen LogP contribution is -2.51.